The van der Waals surface area contributed by atoms with Crippen LogP contribution < -0.4 is 0 Å². The van der Waals surface area contributed by atoms with Crippen LogP contribution in [0.15, 0.2) is 23.8 Å². The van der Waals surface area contributed by atoms with Gasteiger partial charge in [-0.25, -0.2) is 4.79 Å². The molecular weight excluding hydrogens is 464 g/mol. The second-order valence-electron chi connectivity index (χ2n) is 10.9. The third kappa shape index (κ3) is 8.82. The predicted octanol–water partition coefficient (Wildman–Crippen LogP) is 3.10. The average molecular weight is 513 g/mol. The van der Waals surface area contributed by atoms with Crippen LogP contribution in [0.25, 0.3) is 0 Å². The topological polar surface area (TPSA) is 101 Å². The van der Waals surface area contributed by atoms with Gasteiger partial charge in [-0.2, -0.15) is 0 Å². The number of methoxy groups -OCH3 is 2. The summed E-state index contributed by atoms with van der Waals surface area (Å²) in [6.45, 7) is 11.2. The Balaban J connectivity index is 2.21. The van der Waals surface area contributed by atoms with Crippen molar-refractivity contribution in [3.8, 4) is 0 Å². The molecule has 0 aromatic heterocycles. The van der Waals surface area contributed by atoms with E-state index in [0.717, 1.165) is 24.8 Å². The van der Waals surface area contributed by atoms with Crippen molar-refractivity contribution in [3.05, 3.63) is 23.8 Å². The summed E-state index contributed by atoms with van der Waals surface area (Å²) in [4.78, 5) is 16.8. The summed E-state index contributed by atoms with van der Waals surface area (Å²) in [5, 5.41) is 21.1. The second kappa shape index (κ2) is 14.4. The Kier molecular flexibility index (Phi) is 12.3. The molecule has 9 heteroatoms. The fourth-order valence-corrected chi connectivity index (χ4v) is 4.93. The molecule has 208 valence electrons. The second-order valence-corrected chi connectivity index (χ2v) is 10.9. The molecule has 0 radical (unpaired) electrons. The number of hydrogen-bond donors (Lipinski definition) is 2. The zero-order valence-corrected chi connectivity index (χ0v) is 23.2. The molecule has 2 aliphatic rings. The summed E-state index contributed by atoms with van der Waals surface area (Å²) in [5.41, 5.74) is 0.133. The van der Waals surface area contributed by atoms with Gasteiger partial charge in [0.25, 0.3) is 0 Å². The molecule has 0 saturated carbocycles. The molecule has 9 nitrogen and oxygen atoms in total. The van der Waals surface area contributed by atoms with Gasteiger partial charge in [0, 0.05) is 58.7 Å². The highest BCUT2D eigenvalue weighted by atomic mass is 16.6. The molecule has 5 atom stereocenters. The minimum Gasteiger partial charge on any atom is -0.444 e. The highest BCUT2D eigenvalue weighted by Gasteiger charge is 2.39. The summed E-state index contributed by atoms with van der Waals surface area (Å²) in [7, 11) is 3.31. The van der Waals surface area contributed by atoms with Gasteiger partial charge in [-0.3, -0.25) is 4.90 Å². The lowest BCUT2D eigenvalue weighted by atomic mass is 9.93. The average Bonchev–Trinajstić information content (AvgIpc) is 2.81. The van der Waals surface area contributed by atoms with E-state index in [2.05, 4.69) is 4.90 Å². The first kappa shape index (κ1) is 30.7. The van der Waals surface area contributed by atoms with E-state index in [1.807, 2.05) is 52.8 Å². The van der Waals surface area contributed by atoms with Gasteiger partial charge in [-0.15, -0.1) is 0 Å². The van der Waals surface area contributed by atoms with Gasteiger partial charge in [0.1, 0.15) is 24.0 Å². The van der Waals surface area contributed by atoms with Crippen molar-refractivity contribution in [1.82, 2.24) is 9.80 Å². The van der Waals surface area contributed by atoms with E-state index in [9.17, 15) is 15.0 Å². The van der Waals surface area contributed by atoms with Crippen LogP contribution in [0.3, 0.4) is 0 Å². The number of piperidine rings is 1. The van der Waals surface area contributed by atoms with Gasteiger partial charge in [0.05, 0.1) is 0 Å². The molecule has 1 aliphatic carbocycles. The number of carbonyl (C=O) groups excluding carboxylic acids is 1. The van der Waals surface area contributed by atoms with Crippen LogP contribution in [-0.4, -0.2) is 109 Å². The number of ether oxygens (including phenoxy) is 4. The predicted molar refractivity (Wildman–Crippen MR) is 139 cm³/mol. The van der Waals surface area contributed by atoms with Crippen molar-refractivity contribution in [2.45, 2.75) is 102 Å². The van der Waals surface area contributed by atoms with Crippen LogP contribution >= 0.6 is 0 Å². The maximum Gasteiger partial charge on any atom is 0.410 e. The molecule has 1 fully saturated rings. The van der Waals surface area contributed by atoms with Gasteiger partial charge in [-0.05, 0) is 72.0 Å². The van der Waals surface area contributed by atoms with Crippen LogP contribution in [0.2, 0.25) is 0 Å². The molecule has 2 rings (SSSR count). The van der Waals surface area contributed by atoms with Gasteiger partial charge in [-0.1, -0.05) is 12.2 Å². The number of aliphatic hydroxyl groups excluding tert-OH is 2. The largest absolute Gasteiger partial charge is 0.444 e. The van der Waals surface area contributed by atoms with E-state index >= 15 is 0 Å². The standard InChI is InChI=1S/C27H48N2O7/c1-19(2)29(22-11-10-21(13-14-30)28(18-22)26(32)36-27(3,4)5)25(31)20-9-12-23(34-7)24(17-20)35-16-8-15-33-6/h9,12,17,19,21-25,30-31H,8,10-11,13-16,18H2,1-7H3. The lowest BCUT2D eigenvalue weighted by molar-refractivity contribution is -0.0591. The van der Waals surface area contributed by atoms with Crippen LogP contribution in [0.5, 0.6) is 0 Å². The molecule has 1 heterocycles. The Morgan fingerprint density at radius 2 is 1.92 bits per heavy atom. The van der Waals surface area contributed by atoms with E-state index in [0.29, 0.717) is 26.2 Å². The van der Waals surface area contributed by atoms with Crippen molar-refractivity contribution in [3.63, 3.8) is 0 Å². The molecular formula is C27H48N2O7. The number of amides is 1. The van der Waals surface area contributed by atoms with Crippen molar-refractivity contribution < 1.29 is 34.0 Å². The molecule has 0 aromatic rings. The first-order valence-corrected chi connectivity index (χ1v) is 13.1. The lowest BCUT2D eigenvalue weighted by Crippen LogP contribution is -2.59. The summed E-state index contributed by atoms with van der Waals surface area (Å²) >= 11 is 0. The highest BCUT2D eigenvalue weighted by molar-refractivity contribution is 5.68. The SMILES string of the molecule is COCCCOC1C=C(C(O)N(C(C)C)C2CCC(CCO)N(C(=O)OC(C)(C)C)C2)C=CC1OC. The number of hydrogen-bond acceptors (Lipinski definition) is 8. The van der Waals surface area contributed by atoms with Gasteiger partial charge in [0.2, 0.25) is 0 Å². The Morgan fingerprint density at radius 3 is 2.50 bits per heavy atom. The van der Waals surface area contributed by atoms with Gasteiger partial charge < -0.3 is 34.1 Å². The van der Waals surface area contributed by atoms with E-state index in [1.165, 1.54) is 0 Å². The Hall–Kier alpha value is -1.49. The van der Waals surface area contributed by atoms with Crippen molar-refractivity contribution >= 4 is 6.09 Å². The van der Waals surface area contributed by atoms with Crippen molar-refractivity contribution in [2.75, 3.05) is 40.6 Å². The third-order valence-electron chi connectivity index (χ3n) is 6.60. The van der Waals surface area contributed by atoms with Crippen LogP contribution in [-0.2, 0) is 18.9 Å². The zero-order valence-electron chi connectivity index (χ0n) is 23.2. The molecule has 36 heavy (non-hydrogen) atoms. The molecule has 1 aliphatic heterocycles. The first-order chi connectivity index (χ1) is 17.0. The molecule has 0 spiro atoms. The molecule has 5 unspecified atom stereocenters. The zero-order chi connectivity index (χ0) is 26.9. The smallest absolute Gasteiger partial charge is 0.410 e. The number of nitrogens with zero attached hydrogens (tertiary/aromatic N) is 2. The molecule has 2 N–H and O–H groups in total. The summed E-state index contributed by atoms with van der Waals surface area (Å²) < 4.78 is 22.4. The fourth-order valence-electron chi connectivity index (χ4n) is 4.93. The quantitative estimate of drug-likeness (QED) is 0.304. The highest BCUT2D eigenvalue weighted by Crippen LogP contribution is 2.30. The van der Waals surface area contributed by atoms with Crippen molar-refractivity contribution in [1.29, 1.82) is 0 Å². The van der Waals surface area contributed by atoms with E-state index in [4.69, 9.17) is 18.9 Å². The minimum absolute atomic E-state index is 0.00919. The summed E-state index contributed by atoms with van der Waals surface area (Å²) in [6.07, 6.45) is 6.76. The minimum atomic E-state index is -0.871. The maximum absolute atomic E-state index is 13.0. The summed E-state index contributed by atoms with van der Waals surface area (Å²) in [5.74, 6) is 0. The van der Waals surface area contributed by atoms with E-state index in [-0.39, 0.29) is 43.0 Å². The Morgan fingerprint density at radius 1 is 1.19 bits per heavy atom. The number of aliphatic hydroxyl groups is 2. The Labute approximate surface area is 217 Å². The Bertz CT molecular complexity index is 734. The van der Waals surface area contributed by atoms with E-state index in [1.54, 1.807) is 19.1 Å². The fraction of sp³-hybridized carbons (Fsp3) is 0.815. The van der Waals surface area contributed by atoms with Crippen LogP contribution in [0.1, 0.15) is 60.3 Å². The van der Waals surface area contributed by atoms with E-state index < -0.39 is 11.8 Å². The van der Waals surface area contributed by atoms with Gasteiger partial charge in [0.15, 0.2) is 0 Å². The monoisotopic (exact) mass is 512 g/mol. The van der Waals surface area contributed by atoms with Crippen molar-refractivity contribution in [2.24, 2.45) is 0 Å². The first-order valence-electron chi connectivity index (χ1n) is 13.1. The lowest BCUT2D eigenvalue weighted by Gasteiger charge is -2.47. The number of likely N-dealkylation sites (tertiary alicyclic amines) is 1. The third-order valence-corrected chi connectivity index (χ3v) is 6.60. The molecule has 1 amide bonds. The van der Waals surface area contributed by atoms with Crippen LogP contribution in [0.4, 0.5) is 4.79 Å². The molecule has 1 saturated heterocycles. The number of carbonyl (C=O) groups is 1. The summed E-state index contributed by atoms with van der Waals surface area (Å²) in [6, 6.07) is -0.137. The molecule has 0 aromatic carbocycles. The maximum atomic E-state index is 13.0. The van der Waals surface area contributed by atoms with Crippen LogP contribution in [0, 0.1) is 0 Å². The number of rotatable bonds is 12. The molecule has 0 bridgehead atoms. The normalized spacial score (nSPS) is 25.9. The van der Waals surface area contributed by atoms with Gasteiger partial charge >= 0.3 is 6.09 Å².